The lowest BCUT2D eigenvalue weighted by Gasteiger charge is -2.21. The van der Waals surface area contributed by atoms with Gasteiger partial charge in [-0.25, -0.2) is 9.37 Å². The summed E-state index contributed by atoms with van der Waals surface area (Å²) in [5.74, 6) is -0.959. The van der Waals surface area contributed by atoms with E-state index in [4.69, 9.17) is 11.6 Å². The predicted molar refractivity (Wildman–Crippen MR) is 80.1 cm³/mol. The number of carbonyl (C=O) groups is 1. The van der Waals surface area contributed by atoms with Crippen LogP contribution in [0.4, 0.5) is 4.39 Å². The minimum atomic E-state index is -1.24. The zero-order valence-corrected chi connectivity index (χ0v) is 13.0. The number of rotatable bonds is 4. The number of hydrogen-bond acceptors (Lipinski definition) is 4. The summed E-state index contributed by atoms with van der Waals surface area (Å²) in [7, 11) is 0. The van der Waals surface area contributed by atoms with Crippen LogP contribution in [0.25, 0.3) is 0 Å². The molecule has 7 heteroatoms. The molecule has 1 aromatic heterocycles. The standard InChI is InChI=1S/C14H14ClFN2O2S/c1-7(18-14(20)13-8(2)17-6-21-13)12(19)11-9(15)4-3-5-10(11)16/h3-7,12,19H,1-2H3,(H,18,20)/t7-,12-/m0/s1. The molecule has 0 aliphatic carbocycles. The Bertz CT molecular complexity index is 642. The molecule has 2 aromatic rings. The number of benzene rings is 1. The molecule has 0 saturated heterocycles. The van der Waals surface area contributed by atoms with E-state index in [1.165, 1.54) is 29.5 Å². The van der Waals surface area contributed by atoms with Gasteiger partial charge < -0.3 is 10.4 Å². The smallest absolute Gasteiger partial charge is 0.263 e. The van der Waals surface area contributed by atoms with Crippen LogP contribution in [0.1, 0.15) is 34.0 Å². The highest BCUT2D eigenvalue weighted by Gasteiger charge is 2.25. The van der Waals surface area contributed by atoms with E-state index in [-0.39, 0.29) is 16.5 Å². The van der Waals surface area contributed by atoms with Gasteiger partial charge in [-0.05, 0) is 26.0 Å². The number of aryl methyl sites for hydroxylation is 1. The van der Waals surface area contributed by atoms with Gasteiger partial charge in [0.25, 0.3) is 5.91 Å². The van der Waals surface area contributed by atoms with Crippen molar-refractivity contribution in [1.82, 2.24) is 10.3 Å². The molecule has 112 valence electrons. The Kier molecular flexibility index (Phi) is 4.92. The molecular weight excluding hydrogens is 315 g/mol. The van der Waals surface area contributed by atoms with Gasteiger partial charge in [-0.2, -0.15) is 0 Å². The topological polar surface area (TPSA) is 62.2 Å². The lowest BCUT2D eigenvalue weighted by atomic mass is 10.0. The molecule has 0 bridgehead atoms. The van der Waals surface area contributed by atoms with E-state index in [9.17, 15) is 14.3 Å². The largest absolute Gasteiger partial charge is 0.386 e. The van der Waals surface area contributed by atoms with E-state index in [0.29, 0.717) is 10.6 Å². The molecule has 0 fully saturated rings. The first-order valence-corrected chi connectivity index (χ1v) is 7.50. The van der Waals surface area contributed by atoms with Crippen molar-refractivity contribution < 1.29 is 14.3 Å². The third-order valence-corrected chi connectivity index (χ3v) is 4.34. The van der Waals surface area contributed by atoms with Crippen molar-refractivity contribution >= 4 is 28.8 Å². The lowest BCUT2D eigenvalue weighted by molar-refractivity contribution is 0.0849. The van der Waals surface area contributed by atoms with Crippen molar-refractivity contribution in [3.05, 3.63) is 50.7 Å². The number of carbonyl (C=O) groups excluding carboxylic acids is 1. The van der Waals surface area contributed by atoms with Crippen LogP contribution in [-0.4, -0.2) is 22.0 Å². The molecule has 0 unspecified atom stereocenters. The second kappa shape index (κ2) is 6.51. The van der Waals surface area contributed by atoms with Crippen molar-refractivity contribution in [2.24, 2.45) is 0 Å². The maximum atomic E-state index is 13.8. The second-order valence-corrected chi connectivity index (χ2v) is 5.87. The Balaban J connectivity index is 2.15. The predicted octanol–water partition coefficient (Wildman–Crippen LogP) is 3.10. The monoisotopic (exact) mass is 328 g/mol. The number of halogens is 2. The first kappa shape index (κ1) is 15.9. The fourth-order valence-electron chi connectivity index (χ4n) is 1.91. The third kappa shape index (κ3) is 3.40. The Hall–Kier alpha value is -1.50. The van der Waals surface area contributed by atoms with Crippen LogP contribution in [0.2, 0.25) is 5.02 Å². The van der Waals surface area contributed by atoms with Gasteiger partial charge in [-0.3, -0.25) is 4.79 Å². The average Bonchev–Trinajstić information content (AvgIpc) is 2.84. The minimum Gasteiger partial charge on any atom is -0.386 e. The first-order chi connectivity index (χ1) is 9.91. The summed E-state index contributed by atoms with van der Waals surface area (Å²) in [4.78, 5) is 16.5. The van der Waals surface area contributed by atoms with Crippen LogP contribution >= 0.6 is 22.9 Å². The number of thiazole rings is 1. The zero-order chi connectivity index (χ0) is 15.6. The Morgan fingerprint density at radius 3 is 2.81 bits per heavy atom. The molecule has 1 heterocycles. The highest BCUT2D eigenvalue weighted by atomic mass is 35.5. The quantitative estimate of drug-likeness (QED) is 0.906. The Morgan fingerprint density at radius 2 is 2.24 bits per heavy atom. The summed E-state index contributed by atoms with van der Waals surface area (Å²) >= 11 is 7.12. The number of aliphatic hydroxyl groups excluding tert-OH is 1. The third-order valence-electron chi connectivity index (χ3n) is 3.08. The van der Waals surface area contributed by atoms with Crippen molar-refractivity contribution in [3.63, 3.8) is 0 Å². The molecule has 0 aliphatic heterocycles. The fraction of sp³-hybridized carbons (Fsp3) is 0.286. The number of amides is 1. The second-order valence-electron chi connectivity index (χ2n) is 4.61. The van der Waals surface area contributed by atoms with E-state index in [1.807, 2.05) is 0 Å². The maximum Gasteiger partial charge on any atom is 0.263 e. The molecule has 0 saturated carbocycles. The van der Waals surface area contributed by atoms with E-state index in [1.54, 1.807) is 19.4 Å². The van der Waals surface area contributed by atoms with Gasteiger partial charge in [0.2, 0.25) is 0 Å². The summed E-state index contributed by atoms with van der Waals surface area (Å²) in [6.07, 6.45) is -1.24. The fourth-order valence-corrected chi connectivity index (χ4v) is 2.89. The van der Waals surface area contributed by atoms with Crippen LogP contribution in [0.5, 0.6) is 0 Å². The van der Waals surface area contributed by atoms with Crippen LogP contribution in [0.3, 0.4) is 0 Å². The Morgan fingerprint density at radius 1 is 1.52 bits per heavy atom. The van der Waals surface area contributed by atoms with Gasteiger partial charge in [0.1, 0.15) is 16.8 Å². The SMILES string of the molecule is Cc1ncsc1C(=O)N[C@@H](C)[C@H](O)c1c(F)cccc1Cl. The van der Waals surface area contributed by atoms with Gasteiger partial charge in [-0.1, -0.05) is 17.7 Å². The first-order valence-electron chi connectivity index (χ1n) is 6.24. The molecule has 2 N–H and O–H groups in total. The van der Waals surface area contributed by atoms with Gasteiger partial charge in [0.15, 0.2) is 0 Å². The summed E-state index contributed by atoms with van der Waals surface area (Å²) in [6, 6.07) is 3.46. The lowest BCUT2D eigenvalue weighted by Crippen LogP contribution is -2.37. The van der Waals surface area contributed by atoms with Crippen molar-refractivity contribution in [1.29, 1.82) is 0 Å². The number of nitrogens with zero attached hydrogens (tertiary/aromatic N) is 1. The number of aromatic nitrogens is 1. The van der Waals surface area contributed by atoms with Crippen LogP contribution in [0.15, 0.2) is 23.7 Å². The summed E-state index contributed by atoms with van der Waals surface area (Å²) in [5, 5.41) is 13.0. The summed E-state index contributed by atoms with van der Waals surface area (Å²) < 4.78 is 13.8. The van der Waals surface area contributed by atoms with E-state index in [0.717, 1.165) is 0 Å². The zero-order valence-electron chi connectivity index (χ0n) is 11.4. The molecule has 1 amide bonds. The highest BCUT2D eigenvalue weighted by molar-refractivity contribution is 7.11. The molecule has 4 nitrogen and oxygen atoms in total. The van der Waals surface area contributed by atoms with Gasteiger partial charge in [0, 0.05) is 10.6 Å². The van der Waals surface area contributed by atoms with Crippen molar-refractivity contribution in [2.45, 2.75) is 26.0 Å². The average molecular weight is 329 g/mol. The van der Waals surface area contributed by atoms with Crippen LogP contribution < -0.4 is 5.32 Å². The minimum absolute atomic E-state index is 0.0204. The van der Waals surface area contributed by atoms with Gasteiger partial charge in [0.05, 0.1) is 17.2 Å². The van der Waals surface area contributed by atoms with Gasteiger partial charge >= 0.3 is 0 Å². The molecule has 0 spiro atoms. The molecule has 0 radical (unpaired) electrons. The van der Waals surface area contributed by atoms with Crippen LogP contribution in [-0.2, 0) is 0 Å². The molecule has 21 heavy (non-hydrogen) atoms. The molecule has 0 aliphatic rings. The normalized spacial score (nSPS) is 13.8. The van der Waals surface area contributed by atoms with E-state index < -0.39 is 18.0 Å². The number of aliphatic hydroxyl groups is 1. The maximum absolute atomic E-state index is 13.8. The van der Waals surface area contributed by atoms with Gasteiger partial charge in [-0.15, -0.1) is 11.3 Å². The molecule has 1 aromatic carbocycles. The molecule has 2 rings (SSSR count). The van der Waals surface area contributed by atoms with E-state index >= 15 is 0 Å². The number of nitrogens with one attached hydrogen (secondary N) is 1. The van der Waals surface area contributed by atoms with Crippen molar-refractivity contribution in [3.8, 4) is 0 Å². The van der Waals surface area contributed by atoms with Crippen molar-refractivity contribution in [2.75, 3.05) is 0 Å². The molecular formula is C14H14ClFN2O2S. The Labute approximate surface area is 130 Å². The summed E-state index contributed by atoms with van der Waals surface area (Å²) in [6.45, 7) is 3.31. The van der Waals surface area contributed by atoms with E-state index in [2.05, 4.69) is 10.3 Å². The number of hydrogen-bond donors (Lipinski definition) is 2. The van der Waals surface area contributed by atoms with Crippen LogP contribution in [0, 0.1) is 12.7 Å². The highest BCUT2D eigenvalue weighted by Crippen LogP contribution is 2.28. The summed E-state index contributed by atoms with van der Waals surface area (Å²) in [5.41, 5.74) is 2.16. The molecule has 2 atom stereocenters.